The second-order valence-corrected chi connectivity index (χ2v) is 5.63. The van der Waals surface area contributed by atoms with E-state index in [1.54, 1.807) is 27.2 Å². The Labute approximate surface area is 132 Å². The second kappa shape index (κ2) is 7.04. The minimum atomic E-state index is -0.277. The van der Waals surface area contributed by atoms with Crippen LogP contribution in [0.1, 0.15) is 25.9 Å². The lowest BCUT2D eigenvalue weighted by atomic mass is 10.2. The van der Waals surface area contributed by atoms with Crippen molar-refractivity contribution in [3.8, 4) is 11.5 Å². The third-order valence-electron chi connectivity index (χ3n) is 2.91. The van der Waals surface area contributed by atoms with Crippen LogP contribution in [0.4, 0.5) is 0 Å². The topological polar surface area (TPSA) is 72.8 Å². The summed E-state index contributed by atoms with van der Waals surface area (Å²) in [5.74, 6) is 0.890. The van der Waals surface area contributed by atoms with E-state index in [0.29, 0.717) is 27.6 Å². The summed E-state index contributed by atoms with van der Waals surface area (Å²) < 4.78 is 10.5. The molecule has 7 heteroatoms. The van der Waals surface area contributed by atoms with E-state index in [9.17, 15) is 4.79 Å². The molecule has 116 valence electrons. The first kappa shape index (κ1) is 16.0. The van der Waals surface area contributed by atoms with Gasteiger partial charge in [-0.3, -0.25) is 4.79 Å². The molecule has 0 aliphatic rings. The number of hydrogen-bond acceptors (Lipinski definition) is 6. The molecule has 1 N–H and O–H groups in total. The van der Waals surface area contributed by atoms with Gasteiger partial charge in [-0.2, -0.15) is 5.10 Å². The van der Waals surface area contributed by atoms with Gasteiger partial charge in [-0.25, -0.2) is 10.4 Å². The Morgan fingerprint density at radius 1 is 1.32 bits per heavy atom. The van der Waals surface area contributed by atoms with Crippen molar-refractivity contribution in [3.05, 3.63) is 39.3 Å². The van der Waals surface area contributed by atoms with E-state index >= 15 is 0 Å². The van der Waals surface area contributed by atoms with Crippen LogP contribution in [0.25, 0.3) is 0 Å². The Hall–Kier alpha value is -2.41. The highest BCUT2D eigenvalue weighted by atomic mass is 32.1. The van der Waals surface area contributed by atoms with E-state index < -0.39 is 0 Å². The largest absolute Gasteiger partial charge is 0.493 e. The van der Waals surface area contributed by atoms with Crippen molar-refractivity contribution >= 4 is 23.5 Å². The van der Waals surface area contributed by atoms with Crippen molar-refractivity contribution in [2.45, 2.75) is 13.8 Å². The minimum Gasteiger partial charge on any atom is -0.493 e. The van der Waals surface area contributed by atoms with Gasteiger partial charge >= 0.3 is 0 Å². The van der Waals surface area contributed by atoms with E-state index in [1.165, 1.54) is 17.6 Å². The van der Waals surface area contributed by atoms with Gasteiger partial charge in [-0.1, -0.05) is 6.07 Å². The number of nitrogens with one attached hydrogen (secondary N) is 1. The zero-order chi connectivity index (χ0) is 16.1. The highest BCUT2D eigenvalue weighted by Gasteiger charge is 2.13. The maximum Gasteiger partial charge on any atom is 0.283 e. The summed E-state index contributed by atoms with van der Waals surface area (Å²) in [5.41, 5.74) is 3.91. The molecule has 0 unspecified atom stereocenters. The summed E-state index contributed by atoms with van der Waals surface area (Å²) in [4.78, 5) is 16.8. The Kier molecular flexibility index (Phi) is 5.11. The number of hydrogen-bond donors (Lipinski definition) is 1. The number of aryl methyl sites for hydroxylation is 2. The number of hydrazone groups is 1. The van der Waals surface area contributed by atoms with Crippen molar-refractivity contribution in [1.82, 2.24) is 10.4 Å². The van der Waals surface area contributed by atoms with Crippen molar-refractivity contribution in [1.29, 1.82) is 0 Å². The second-order valence-electron chi connectivity index (χ2n) is 4.43. The number of nitrogens with zero attached hydrogens (tertiary/aromatic N) is 2. The number of benzene rings is 1. The van der Waals surface area contributed by atoms with E-state index in [4.69, 9.17) is 9.47 Å². The Morgan fingerprint density at radius 3 is 2.68 bits per heavy atom. The van der Waals surface area contributed by atoms with Crippen molar-refractivity contribution in [2.24, 2.45) is 5.10 Å². The third kappa shape index (κ3) is 3.43. The number of methoxy groups -OCH3 is 2. The minimum absolute atomic E-state index is 0.277. The van der Waals surface area contributed by atoms with Crippen LogP contribution in [-0.4, -0.2) is 31.3 Å². The van der Waals surface area contributed by atoms with E-state index in [-0.39, 0.29) is 5.91 Å². The lowest BCUT2D eigenvalue weighted by molar-refractivity contribution is 0.0958. The summed E-state index contributed by atoms with van der Waals surface area (Å²) in [5, 5.41) is 4.82. The molecule has 0 aliphatic carbocycles. The zero-order valence-electron chi connectivity index (χ0n) is 12.8. The number of ether oxygens (including phenoxy) is 2. The molecule has 0 spiro atoms. The van der Waals surface area contributed by atoms with E-state index in [2.05, 4.69) is 15.5 Å². The molecule has 1 aromatic carbocycles. The SMILES string of the molecule is COc1cccc(/C=N/NC(=O)c2sc(C)nc2C)c1OC. The smallest absolute Gasteiger partial charge is 0.283 e. The molecule has 22 heavy (non-hydrogen) atoms. The standard InChI is InChI=1S/C15H17N3O3S/c1-9-14(22-10(2)17-9)15(19)18-16-8-11-6-5-7-12(20-3)13(11)21-4/h5-8H,1-4H3,(H,18,19)/b16-8+. The van der Waals surface area contributed by atoms with Gasteiger partial charge in [0, 0.05) is 5.56 Å². The summed E-state index contributed by atoms with van der Waals surface area (Å²) >= 11 is 1.34. The van der Waals surface area contributed by atoms with Gasteiger partial charge in [0.2, 0.25) is 0 Å². The molecule has 1 amide bonds. The lowest BCUT2D eigenvalue weighted by Gasteiger charge is -2.09. The number of amides is 1. The molecule has 6 nitrogen and oxygen atoms in total. The fraction of sp³-hybridized carbons (Fsp3) is 0.267. The molecule has 1 heterocycles. The first-order valence-electron chi connectivity index (χ1n) is 6.55. The highest BCUT2D eigenvalue weighted by Crippen LogP contribution is 2.29. The van der Waals surface area contributed by atoms with Gasteiger partial charge in [0.25, 0.3) is 5.91 Å². The summed E-state index contributed by atoms with van der Waals surface area (Å²) in [6, 6.07) is 5.43. The first-order chi connectivity index (χ1) is 10.6. The molecule has 2 rings (SSSR count). The van der Waals surface area contributed by atoms with Crippen LogP contribution in [0.3, 0.4) is 0 Å². The molecule has 0 fully saturated rings. The van der Waals surface area contributed by atoms with Crippen LogP contribution < -0.4 is 14.9 Å². The van der Waals surface area contributed by atoms with Gasteiger partial charge < -0.3 is 9.47 Å². The van der Waals surface area contributed by atoms with Crippen molar-refractivity contribution in [3.63, 3.8) is 0 Å². The summed E-state index contributed by atoms with van der Waals surface area (Å²) in [6.07, 6.45) is 1.52. The third-order valence-corrected chi connectivity index (χ3v) is 3.98. The summed E-state index contributed by atoms with van der Waals surface area (Å²) in [7, 11) is 3.12. The summed E-state index contributed by atoms with van der Waals surface area (Å²) in [6.45, 7) is 3.66. The molecule has 0 atom stereocenters. The van der Waals surface area contributed by atoms with E-state index in [0.717, 1.165) is 5.01 Å². The molecule has 0 aliphatic heterocycles. The Balaban J connectivity index is 2.13. The molecular weight excluding hydrogens is 302 g/mol. The number of rotatable bonds is 5. The average Bonchev–Trinajstić information content (AvgIpc) is 2.85. The van der Waals surface area contributed by atoms with Gasteiger partial charge in [0.05, 0.1) is 31.1 Å². The fourth-order valence-electron chi connectivity index (χ4n) is 1.97. The molecule has 1 aromatic heterocycles. The lowest BCUT2D eigenvalue weighted by Crippen LogP contribution is -2.17. The highest BCUT2D eigenvalue weighted by molar-refractivity contribution is 7.13. The molecular formula is C15H17N3O3S. The maximum absolute atomic E-state index is 12.0. The molecule has 0 saturated carbocycles. The van der Waals surface area contributed by atoms with Gasteiger partial charge in [-0.05, 0) is 26.0 Å². The number of aromatic nitrogens is 1. The Bertz CT molecular complexity index is 710. The van der Waals surface area contributed by atoms with Crippen LogP contribution in [0.5, 0.6) is 11.5 Å². The molecule has 0 saturated heterocycles. The van der Waals surface area contributed by atoms with Gasteiger partial charge in [-0.15, -0.1) is 11.3 Å². The predicted octanol–water partition coefficient (Wildman–Crippen LogP) is 2.54. The van der Waals surface area contributed by atoms with Crippen LogP contribution in [0.15, 0.2) is 23.3 Å². The maximum atomic E-state index is 12.0. The van der Waals surface area contributed by atoms with Gasteiger partial charge in [0.1, 0.15) is 4.88 Å². The number of thiazole rings is 1. The van der Waals surface area contributed by atoms with Crippen molar-refractivity contribution < 1.29 is 14.3 Å². The van der Waals surface area contributed by atoms with Crippen molar-refractivity contribution in [2.75, 3.05) is 14.2 Å². The quantitative estimate of drug-likeness (QED) is 0.679. The number of carbonyl (C=O) groups is 1. The molecule has 0 bridgehead atoms. The number of para-hydroxylation sites is 1. The number of carbonyl (C=O) groups excluding carboxylic acids is 1. The van der Waals surface area contributed by atoms with Crippen LogP contribution in [0.2, 0.25) is 0 Å². The van der Waals surface area contributed by atoms with Crippen LogP contribution in [-0.2, 0) is 0 Å². The molecule has 0 radical (unpaired) electrons. The Morgan fingerprint density at radius 2 is 2.09 bits per heavy atom. The zero-order valence-corrected chi connectivity index (χ0v) is 13.7. The van der Waals surface area contributed by atoms with Crippen LogP contribution >= 0.6 is 11.3 Å². The fourth-order valence-corrected chi connectivity index (χ4v) is 2.78. The first-order valence-corrected chi connectivity index (χ1v) is 7.37. The van der Waals surface area contributed by atoms with E-state index in [1.807, 2.05) is 19.1 Å². The average molecular weight is 319 g/mol. The van der Waals surface area contributed by atoms with Gasteiger partial charge in [0.15, 0.2) is 11.5 Å². The predicted molar refractivity (Wildman–Crippen MR) is 86.2 cm³/mol. The van der Waals surface area contributed by atoms with Crippen LogP contribution in [0, 0.1) is 13.8 Å². The monoisotopic (exact) mass is 319 g/mol. The molecule has 2 aromatic rings. The normalized spacial score (nSPS) is 10.7.